The molecule has 0 aliphatic carbocycles. The number of rotatable bonds is 16. The fourth-order valence-corrected chi connectivity index (χ4v) is 4.41. The lowest BCUT2D eigenvalue weighted by molar-refractivity contribution is 0.334. The van der Waals surface area contributed by atoms with Crippen molar-refractivity contribution in [2.24, 2.45) is 0 Å². The second-order valence-corrected chi connectivity index (χ2v) is 8.06. The molecule has 0 aliphatic heterocycles. The van der Waals surface area contributed by atoms with Gasteiger partial charge in [-0.2, -0.15) is 0 Å². The molecule has 0 aromatic rings. The van der Waals surface area contributed by atoms with Crippen molar-refractivity contribution >= 4 is 8.15 Å². The quantitative estimate of drug-likeness (QED) is 0.217. The van der Waals surface area contributed by atoms with Crippen LogP contribution < -0.4 is 0 Å². The lowest BCUT2D eigenvalue weighted by atomic mass is 10.2. The normalized spacial score (nSPS) is 11.4. The van der Waals surface area contributed by atoms with Gasteiger partial charge >= 0.3 is 0 Å². The molecular formula is C18H39OP. The first kappa shape index (κ1) is 20.4. The minimum atomic E-state index is -0.115. The van der Waals surface area contributed by atoms with Crippen molar-refractivity contribution in [2.75, 3.05) is 18.9 Å². The first-order chi connectivity index (χ1) is 9.85. The van der Waals surface area contributed by atoms with Gasteiger partial charge in [0.25, 0.3) is 0 Å². The topological polar surface area (TPSA) is 9.23 Å². The molecule has 0 amide bonds. The summed E-state index contributed by atoms with van der Waals surface area (Å²) in [5, 5.41) is 0. The van der Waals surface area contributed by atoms with Crippen molar-refractivity contribution in [3.8, 4) is 0 Å². The smallest absolute Gasteiger partial charge is 0.0508 e. The molecule has 2 heteroatoms. The second kappa shape index (κ2) is 17.4. The minimum Gasteiger partial charge on any atom is -0.359 e. The highest BCUT2D eigenvalue weighted by Crippen LogP contribution is 2.39. The van der Waals surface area contributed by atoms with E-state index in [2.05, 4.69) is 20.8 Å². The molecule has 122 valence electrons. The van der Waals surface area contributed by atoms with Crippen LogP contribution in [0, 0.1) is 0 Å². The zero-order valence-corrected chi connectivity index (χ0v) is 15.4. The lowest BCUT2D eigenvalue weighted by Gasteiger charge is -2.18. The van der Waals surface area contributed by atoms with Crippen LogP contribution in [0.5, 0.6) is 0 Å². The third-order valence-electron chi connectivity index (χ3n) is 3.79. The van der Waals surface area contributed by atoms with Gasteiger partial charge in [-0.05, 0) is 31.6 Å². The van der Waals surface area contributed by atoms with Crippen molar-refractivity contribution in [2.45, 2.75) is 97.8 Å². The molecule has 0 bridgehead atoms. The highest BCUT2D eigenvalue weighted by atomic mass is 31.1. The SMILES string of the molecule is CCCCCCOP(CCCCCC)CCCCCC. The van der Waals surface area contributed by atoms with Crippen molar-refractivity contribution in [3.63, 3.8) is 0 Å². The Balaban J connectivity index is 3.67. The molecule has 0 radical (unpaired) electrons. The van der Waals surface area contributed by atoms with E-state index < -0.39 is 0 Å². The van der Waals surface area contributed by atoms with Gasteiger partial charge in [0.2, 0.25) is 0 Å². The van der Waals surface area contributed by atoms with E-state index in [0.29, 0.717) is 0 Å². The van der Waals surface area contributed by atoms with Gasteiger partial charge < -0.3 is 4.52 Å². The molecule has 0 aromatic heterocycles. The Morgan fingerprint density at radius 2 is 1.00 bits per heavy atom. The maximum atomic E-state index is 6.21. The first-order valence-electron chi connectivity index (χ1n) is 9.23. The fraction of sp³-hybridized carbons (Fsp3) is 1.00. The lowest BCUT2D eigenvalue weighted by Crippen LogP contribution is -1.98. The van der Waals surface area contributed by atoms with Crippen LogP contribution in [0.2, 0.25) is 0 Å². The van der Waals surface area contributed by atoms with E-state index in [4.69, 9.17) is 4.52 Å². The predicted octanol–water partition coefficient (Wildman–Crippen LogP) is 7.14. The van der Waals surface area contributed by atoms with Gasteiger partial charge in [-0.1, -0.05) is 78.6 Å². The van der Waals surface area contributed by atoms with E-state index in [-0.39, 0.29) is 8.15 Å². The minimum absolute atomic E-state index is 0.115. The molecule has 0 heterocycles. The summed E-state index contributed by atoms with van der Waals surface area (Å²) in [5.41, 5.74) is 0. The molecule has 20 heavy (non-hydrogen) atoms. The summed E-state index contributed by atoms with van der Waals surface area (Å²) in [5.74, 6) is 0. The summed E-state index contributed by atoms with van der Waals surface area (Å²) >= 11 is 0. The Labute approximate surface area is 130 Å². The third kappa shape index (κ3) is 14.8. The number of hydrogen-bond acceptors (Lipinski definition) is 1. The molecule has 1 nitrogen and oxygen atoms in total. The summed E-state index contributed by atoms with van der Waals surface area (Å²) in [7, 11) is -0.115. The van der Waals surface area contributed by atoms with E-state index in [1.807, 2.05) is 0 Å². The highest BCUT2D eigenvalue weighted by molar-refractivity contribution is 7.52. The zero-order chi connectivity index (χ0) is 14.9. The molecule has 0 aromatic carbocycles. The maximum Gasteiger partial charge on any atom is 0.0508 e. The van der Waals surface area contributed by atoms with Gasteiger partial charge in [0, 0.05) is 8.15 Å². The van der Waals surface area contributed by atoms with E-state index in [1.165, 1.54) is 89.4 Å². The Hall–Kier alpha value is 0.390. The van der Waals surface area contributed by atoms with Crippen LogP contribution in [0.25, 0.3) is 0 Å². The first-order valence-corrected chi connectivity index (χ1v) is 10.9. The van der Waals surface area contributed by atoms with Gasteiger partial charge in [0.15, 0.2) is 0 Å². The average Bonchev–Trinajstić information content (AvgIpc) is 2.47. The molecule has 0 N–H and O–H groups in total. The largest absolute Gasteiger partial charge is 0.359 e. The van der Waals surface area contributed by atoms with Crippen LogP contribution in [-0.2, 0) is 4.52 Å². The van der Waals surface area contributed by atoms with Crippen molar-refractivity contribution in [1.82, 2.24) is 0 Å². The van der Waals surface area contributed by atoms with Crippen LogP contribution in [0.4, 0.5) is 0 Å². The van der Waals surface area contributed by atoms with Crippen LogP contribution in [0.3, 0.4) is 0 Å². The van der Waals surface area contributed by atoms with Gasteiger partial charge in [-0.25, -0.2) is 0 Å². The Morgan fingerprint density at radius 3 is 1.45 bits per heavy atom. The number of unbranched alkanes of at least 4 members (excludes halogenated alkanes) is 9. The molecule has 0 saturated carbocycles. The van der Waals surface area contributed by atoms with E-state index in [9.17, 15) is 0 Å². The summed E-state index contributed by atoms with van der Waals surface area (Å²) in [6.07, 6.45) is 19.1. The fourth-order valence-electron chi connectivity index (χ4n) is 2.39. The summed E-state index contributed by atoms with van der Waals surface area (Å²) in [6, 6.07) is 0. The van der Waals surface area contributed by atoms with E-state index >= 15 is 0 Å². The van der Waals surface area contributed by atoms with Gasteiger partial charge in [0.05, 0.1) is 6.61 Å². The highest BCUT2D eigenvalue weighted by Gasteiger charge is 2.08. The maximum absolute atomic E-state index is 6.21. The van der Waals surface area contributed by atoms with Gasteiger partial charge in [-0.3, -0.25) is 0 Å². The molecule has 0 saturated heterocycles. The molecule has 0 fully saturated rings. The molecular weight excluding hydrogens is 263 g/mol. The number of hydrogen-bond donors (Lipinski definition) is 0. The summed E-state index contributed by atoms with van der Waals surface area (Å²) in [6.45, 7) is 7.87. The monoisotopic (exact) mass is 302 g/mol. The van der Waals surface area contributed by atoms with E-state index in [1.54, 1.807) is 0 Å². The molecule has 0 spiro atoms. The standard InChI is InChI=1S/C18H39OP/c1-4-7-10-13-16-19-20(17-14-11-8-5-2)18-15-12-9-6-3/h4-18H2,1-3H3. The Kier molecular flexibility index (Phi) is 17.8. The summed E-state index contributed by atoms with van der Waals surface area (Å²) in [4.78, 5) is 0. The predicted molar refractivity (Wildman–Crippen MR) is 95.0 cm³/mol. The molecule has 0 atom stereocenters. The van der Waals surface area contributed by atoms with Crippen molar-refractivity contribution < 1.29 is 4.52 Å². The van der Waals surface area contributed by atoms with Crippen LogP contribution in [0.1, 0.15) is 97.8 Å². The average molecular weight is 302 g/mol. The van der Waals surface area contributed by atoms with E-state index in [0.717, 1.165) is 6.61 Å². The zero-order valence-electron chi connectivity index (χ0n) is 14.5. The Bertz CT molecular complexity index is 161. The van der Waals surface area contributed by atoms with Gasteiger partial charge in [-0.15, -0.1) is 0 Å². The molecule has 0 aliphatic rings. The third-order valence-corrected chi connectivity index (χ3v) is 5.97. The van der Waals surface area contributed by atoms with Gasteiger partial charge in [0.1, 0.15) is 0 Å². The second-order valence-electron chi connectivity index (χ2n) is 5.94. The van der Waals surface area contributed by atoms with Crippen LogP contribution in [-0.4, -0.2) is 18.9 Å². The summed E-state index contributed by atoms with van der Waals surface area (Å²) < 4.78 is 6.21. The molecule has 0 unspecified atom stereocenters. The van der Waals surface area contributed by atoms with Crippen molar-refractivity contribution in [3.05, 3.63) is 0 Å². The molecule has 0 rings (SSSR count). The van der Waals surface area contributed by atoms with Crippen molar-refractivity contribution in [1.29, 1.82) is 0 Å². The van der Waals surface area contributed by atoms with Crippen LogP contribution >= 0.6 is 8.15 Å². The van der Waals surface area contributed by atoms with Crippen LogP contribution in [0.15, 0.2) is 0 Å². The Morgan fingerprint density at radius 1 is 0.550 bits per heavy atom.